The Bertz CT molecular complexity index is 327. The number of allylic oxidation sites excluding steroid dienone is 1. The van der Waals surface area contributed by atoms with Gasteiger partial charge in [-0.2, -0.15) is 0 Å². The summed E-state index contributed by atoms with van der Waals surface area (Å²) in [6.07, 6.45) is 15.3. The monoisotopic (exact) mass is 292 g/mol. The van der Waals surface area contributed by atoms with Gasteiger partial charge in [-0.1, -0.05) is 30.9 Å². The van der Waals surface area contributed by atoms with Crippen LogP contribution < -0.4 is 0 Å². The van der Waals surface area contributed by atoms with E-state index in [1.165, 1.54) is 70.9 Å². The Morgan fingerprint density at radius 1 is 0.905 bits per heavy atom. The Morgan fingerprint density at radius 3 is 2.00 bits per heavy atom. The second kappa shape index (κ2) is 7.78. The molecule has 122 valence electrons. The van der Waals surface area contributed by atoms with Crippen LogP contribution in [0.5, 0.6) is 0 Å². The van der Waals surface area contributed by atoms with Gasteiger partial charge in [0.15, 0.2) is 0 Å². The lowest BCUT2D eigenvalue weighted by atomic mass is 9.62. The zero-order chi connectivity index (χ0) is 15.3. The number of nitrogens with zero attached hydrogens (tertiary/aromatic N) is 2. The van der Waals surface area contributed by atoms with E-state index >= 15 is 0 Å². The zero-order valence-electron chi connectivity index (χ0n) is 14.8. The molecule has 2 heteroatoms. The Balaban J connectivity index is 2.33. The summed E-state index contributed by atoms with van der Waals surface area (Å²) >= 11 is 0. The minimum absolute atomic E-state index is 0.397. The van der Waals surface area contributed by atoms with E-state index in [1.807, 2.05) is 0 Å². The van der Waals surface area contributed by atoms with Crippen LogP contribution >= 0.6 is 0 Å². The van der Waals surface area contributed by atoms with Crippen molar-refractivity contribution in [1.29, 1.82) is 0 Å². The fraction of sp³-hybridized carbons (Fsp3) is 0.895. The first-order valence-corrected chi connectivity index (χ1v) is 9.03. The summed E-state index contributed by atoms with van der Waals surface area (Å²) in [6.45, 7) is 2.45. The molecular weight excluding hydrogens is 256 g/mol. The van der Waals surface area contributed by atoms with Crippen LogP contribution in [0.25, 0.3) is 0 Å². The van der Waals surface area contributed by atoms with Gasteiger partial charge in [-0.15, -0.1) is 0 Å². The van der Waals surface area contributed by atoms with E-state index in [4.69, 9.17) is 0 Å². The summed E-state index contributed by atoms with van der Waals surface area (Å²) in [7, 11) is 9.04. The number of hydrogen-bond donors (Lipinski definition) is 0. The van der Waals surface area contributed by atoms with Crippen molar-refractivity contribution in [3.8, 4) is 0 Å². The Morgan fingerprint density at radius 2 is 1.52 bits per heavy atom. The van der Waals surface area contributed by atoms with Gasteiger partial charge >= 0.3 is 0 Å². The topological polar surface area (TPSA) is 6.48 Å². The lowest BCUT2D eigenvalue weighted by Gasteiger charge is -2.48. The van der Waals surface area contributed by atoms with Crippen molar-refractivity contribution < 1.29 is 0 Å². The molecule has 0 N–H and O–H groups in total. The molecule has 0 heterocycles. The van der Waals surface area contributed by atoms with Gasteiger partial charge in [0.1, 0.15) is 0 Å². The zero-order valence-corrected chi connectivity index (χ0v) is 14.8. The van der Waals surface area contributed by atoms with Gasteiger partial charge in [-0.25, -0.2) is 0 Å². The fourth-order valence-corrected chi connectivity index (χ4v) is 4.85. The Hall–Kier alpha value is -0.340. The predicted octanol–water partition coefficient (Wildman–Crippen LogP) is 4.18. The average Bonchev–Trinajstić information content (AvgIpc) is 2.47. The maximum absolute atomic E-state index is 2.62. The first-order valence-electron chi connectivity index (χ1n) is 9.03. The van der Waals surface area contributed by atoms with E-state index in [0.717, 1.165) is 5.92 Å². The molecule has 1 fully saturated rings. The largest absolute Gasteiger partial charge is 0.308 e. The smallest absolute Gasteiger partial charge is 0.0194 e. The molecule has 2 rings (SSSR count). The molecule has 0 aromatic carbocycles. The second-order valence-corrected chi connectivity index (χ2v) is 7.94. The van der Waals surface area contributed by atoms with Gasteiger partial charge < -0.3 is 9.80 Å². The molecule has 0 unspecified atom stereocenters. The summed E-state index contributed by atoms with van der Waals surface area (Å²) in [5, 5.41) is 0. The van der Waals surface area contributed by atoms with Crippen molar-refractivity contribution in [2.24, 2.45) is 11.3 Å². The molecule has 0 radical (unpaired) electrons. The highest BCUT2D eigenvalue weighted by Gasteiger charge is 2.42. The highest BCUT2D eigenvalue weighted by molar-refractivity contribution is 5.21. The van der Waals surface area contributed by atoms with E-state index in [9.17, 15) is 0 Å². The van der Waals surface area contributed by atoms with E-state index in [-0.39, 0.29) is 0 Å². The van der Waals surface area contributed by atoms with Crippen molar-refractivity contribution in [2.45, 2.75) is 57.8 Å². The van der Waals surface area contributed by atoms with E-state index < -0.39 is 0 Å². The Kier molecular flexibility index (Phi) is 6.31. The van der Waals surface area contributed by atoms with Crippen LogP contribution in [0.3, 0.4) is 0 Å². The normalized spacial score (nSPS) is 21.9. The second-order valence-electron chi connectivity index (χ2n) is 7.94. The molecule has 0 saturated heterocycles. The maximum Gasteiger partial charge on any atom is 0.0194 e. The third-order valence-corrected chi connectivity index (χ3v) is 5.51. The molecule has 1 saturated carbocycles. The summed E-state index contributed by atoms with van der Waals surface area (Å²) < 4.78 is 0. The van der Waals surface area contributed by atoms with Crippen molar-refractivity contribution in [3.05, 3.63) is 11.6 Å². The van der Waals surface area contributed by atoms with Gasteiger partial charge in [-0.3, -0.25) is 0 Å². The van der Waals surface area contributed by atoms with Crippen LogP contribution in [0.4, 0.5) is 0 Å². The van der Waals surface area contributed by atoms with Crippen LogP contribution in [0.1, 0.15) is 57.8 Å². The first-order chi connectivity index (χ1) is 10.0. The van der Waals surface area contributed by atoms with Gasteiger partial charge in [0, 0.05) is 18.5 Å². The van der Waals surface area contributed by atoms with Crippen molar-refractivity contribution in [3.63, 3.8) is 0 Å². The molecule has 2 aliphatic rings. The standard InChI is InChI=1S/C19H36N2/c1-20(2)15-19(16-21(3)4,17-11-7-5-8-12-17)18-13-9-6-10-14-18/h11,18H,5-10,12-16H2,1-4H3. The van der Waals surface area contributed by atoms with Gasteiger partial charge in [-0.05, 0) is 72.6 Å². The maximum atomic E-state index is 2.62. The van der Waals surface area contributed by atoms with Crippen LogP contribution in [0.2, 0.25) is 0 Å². The average molecular weight is 293 g/mol. The lowest BCUT2D eigenvalue weighted by Crippen LogP contribution is -2.49. The minimum atomic E-state index is 0.397. The molecule has 0 aliphatic heterocycles. The fourth-order valence-electron chi connectivity index (χ4n) is 4.85. The third-order valence-electron chi connectivity index (χ3n) is 5.51. The third kappa shape index (κ3) is 4.32. The van der Waals surface area contributed by atoms with Gasteiger partial charge in [0.05, 0.1) is 0 Å². The van der Waals surface area contributed by atoms with Crippen molar-refractivity contribution >= 4 is 0 Å². The number of hydrogen-bond acceptors (Lipinski definition) is 2. The minimum Gasteiger partial charge on any atom is -0.308 e. The summed E-state index contributed by atoms with van der Waals surface area (Å²) in [5.74, 6) is 0.889. The summed E-state index contributed by atoms with van der Waals surface area (Å²) in [5.41, 5.74) is 2.19. The highest BCUT2D eigenvalue weighted by atomic mass is 15.1. The van der Waals surface area contributed by atoms with E-state index in [2.05, 4.69) is 44.1 Å². The van der Waals surface area contributed by atoms with E-state index in [0.29, 0.717) is 5.41 Å². The van der Waals surface area contributed by atoms with Crippen LogP contribution in [0, 0.1) is 11.3 Å². The van der Waals surface area contributed by atoms with Crippen LogP contribution in [0.15, 0.2) is 11.6 Å². The number of rotatable bonds is 6. The Labute approximate surface area is 132 Å². The highest BCUT2D eigenvalue weighted by Crippen LogP contribution is 2.47. The molecule has 21 heavy (non-hydrogen) atoms. The summed E-state index contributed by atoms with van der Waals surface area (Å²) in [4.78, 5) is 4.88. The molecule has 0 spiro atoms. The van der Waals surface area contributed by atoms with E-state index in [1.54, 1.807) is 5.57 Å². The predicted molar refractivity (Wildman–Crippen MR) is 92.7 cm³/mol. The molecule has 0 aromatic rings. The van der Waals surface area contributed by atoms with Crippen molar-refractivity contribution in [2.75, 3.05) is 41.3 Å². The SMILES string of the molecule is CN(C)CC(CN(C)C)(C1=CCCCC1)C1CCCCC1. The lowest BCUT2D eigenvalue weighted by molar-refractivity contribution is 0.0788. The van der Waals surface area contributed by atoms with Crippen molar-refractivity contribution in [1.82, 2.24) is 9.80 Å². The molecule has 0 amide bonds. The quantitative estimate of drug-likeness (QED) is 0.678. The molecule has 0 bridgehead atoms. The molecule has 0 aromatic heterocycles. The van der Waals surface area contributed by atoms with Gasteiger partial charge in [0.2, 0.25) is 0 Å². The molecule has 2 aliphatic carbocycles. The molecular formula is C19H36N2. The van der Waals surface area contributed by atoms with Crippen LogP contribution in [-0.2, 0) is 0 Å². The summed E-state index contributed by atoms with van der Waals surface area (Å²) in [6, 6.07) is 0. The van der Waals surface area contributed by atoms with Gasteiger partial charge in [0.25, 0.3) is 0 Å². The first kappa shape index (κ1) is 17.0. The van der Waals surface area contributed by atoms with Crippen LogP contribution in [-0.4, -0.2) is 51.1 Å². The molecule has 2 nitrogen and oxygen atoms in total. The molecule has 0 atom stereocenters.